The molecule has 4 nitrogen and oxygen atoms in total. The summed E-state index contributed by atoms with van der Waals surface area (Å²) in [7, 11) is 0. The highest BCUT2D eigenvalue weighted by Gasteiger charge is 2.26. The van der Waals surface area contributed by atoms with Crippen molar-refractivity contribution in [2.75, 3.05) is 11.9 Å². The molecule has 25 heavy (non-hydrogen) atoms. The molecule has 1 heterocycles. The number of anilines is 1. The lowest BCUT2D eigenvalue weighted by Gasteiger charge is -2.12. The van der Waals surface area contributed by atoms with Gasteiger partial charge in [0.25, 0.3) is 0 Å². The van der Waals surface area contributed by atoms with E-state index >= 15 is 0 Å². The first-order chi connectivity index (χ1) is 12.2. The molecule has 0 bridgehead atoms. The van der Waals surface area contributed by atoms with Crippen LogP contribution in [0.4, 0.5) is 5.00 Å². The van der Waals surface area contributed by atoms with Gasteiger partial charge in [-0.05, 0) is 50.3 Å². The molecule has 5 heteroatoms. The molecule has 0 fully saturated rings. The molecular weight excluding hydrogens is 334 g/mol. The number of hydrogen-bond donors (Lipinski definition) is 1. The number of esters is 1. The summed E-state index contributed by atoms with van der Waals surface area (Å²) in [6, 6.07) is 9.32. The molecule has 1 aliphatic rings. The Morgan fingerprint density at radius 2 is 1.96 bits per heavy atom. The smallest absolute Gasteiger partial charge is 0.341 e. The Hall–Kier alpha value is -2.58. The van der Waals surface area contributed by atoms with Crippen LogP contribution in [0.2, 0.25) is 0 Å². The molecule has 1 aromatic heterocycles. The fraction of sp³-hybridized carbons (Fsp3) is 0.300. The van der Waals surface area contributed by atoms with Gasteiger partial charge in [-0.2, -0.15) is 0 Å². The van der Waals surface area contributed by atoms with Gasteiger partial charge in [0, 0.05) is 16.4 Å². The molecule has 128 valence electrons. The third-order valence-electron chi connectivity index (χ3n) is 3.97. The first-order valence-electron chi connectivity index (χ1n) is 8.38. The van der Waals surface area contributed by atoms with Crippen LogP contribution in [0.25, 0.3) is 0 Å². The van der Waals surface area contributed by atoms with Gasteiger partial charge >= 0.3 is 11.9 Å². The van der Waals surface area contributed by atoms with Crippen LogP contribution < -0.4 is 5.32 Å². The van der Waals surface area contributed by atoms with Gasteiger partial charge in [0.1, 0.15) is 5.00 Å². The highest BCUT2D eigenvalue weighted by molar-refractivity contribution is 7.17. The number of rotatable bonds is 3. The first kappa shape index (κ1) is 17.2. The zero-order chi connectivity index (χ0) is 17.6. The van der Waals surface area contributed by atoms with Crippen LogP contribution in [0.5, 0.6) is 0 Å². The van der Waals surface area contributed by atoms with Gasteiger partial charge in [-0.1, -0.05) is 24.1 Å². The van der Waals surface area contributed by atoms with Crippen LogP contribution in [0, 0.1) is 11.8 Å². The quantitative estimate of drug-likeness (QED) is 0.675. The van der Waals surface area contributed by atoms with Gasteiger partial charge in [-0.25, -0.2) is 4.79 Å². The lowest BCUT2D eigenvalue weighted by Crippen LogP contribution is -2.14. The number of fused-ring (bicyclic) bond motifs is 1. The van der Waals surface area contributed by atoms with E-state index in [9.17, 15) is 9.59 Å². The lowest BCUT2D eigenvalue weighted by atomic mass is 9.95. The maximum absolute atomic E-state index is 12.4. The van der Waals surface area contributed by atoms with E-state index in [0.717, 1.165) is 36.8 Å². The normalized spacial score (nSPS) is 12.5. The van der Waals surface area contributed by atoms with Crippen molar-refractivity contribution in [2.45, 2.75) is 32.6 Å². The van der Waals surface area contributed by atoms with E-state index < -0.39 is 5.91 Å². The summed E-state index contributed by atoms with van der Waals surface area (Å²) in [6.07, 6.45) is 3.96. The molecule has 0 spiro atoms. The van der Waals surface area contributed by atoms with Crippen LogP contribution in [0.1, 0.15) is 46.1 Å². The average molecular weight is 353 g/mol. The molecule has 0 radical (unpaired) electrons. The fourth-order valence-electron chi connectivity index (χ4n) is 2.86. The molecular formula is C20H19NO3S. The van der Waals surface area contributed by atoms with Gasteiger partial charge in [-0.15, -0.1) is 11.3 Å². The molecule has 0 aliphatic heterocycles. The van der Waals surface area contributed by atoms with Crippen molar-refractivity contribution in [3.63, 3.8) is 0 Å². The van der Waals surface area contributed by atoms with E-state index in [0.29, 0.717) is 17.2 Å². The zero-order valence-electron chi connectivity index (χ0n) is 14.1. The number of benzene rings is 1. The molecule has 1 N–H and O–H groups in total. The van der Waals surface area contributed by atoms with E-state index in [2.05, 4.69) is 17.2 Å². The Bertz CT molecular complexity index is 843. The SMILES string of the molecule is CCOC(=O)c1c(NC(=O)C#Cc2ccccc2)sc2c1CCCC2. The number of carbonyl (C=O) groups is 2. The highest BCUT2D eigenvalue weighted by atomic mass is 32.1. The average Bonchev–Trinajstić information content (AvgIpc) is 2.99. The second-order valence-electron chi connectivity index (χ2n) is 5.71. The van der Waals surface area contributed by atoms with Crippen molar-refractivity contribution in [3.8, 4) is 11.8 Å². The monoisotopic (exact) mass is 353 g/mol. The van der Waals surface area contributed by atoms with Crippen molar-refractivity contribution in [1.82, 2.24) is 0 Å². The number of nitrogens with one attached hydrogen (secondary N) is 1. The van der Waals surface area contributed by atoms with Crippen molar-refractivity contribution < 1.29 is 14.3 Å². The maximum Gasteiger partial charge on any atom is 0.341 e. The Morgan fingerprint density at radius 3 is 2.72 bits per heavy atom. The third kappa shape index (κ3) is 4.09. The molecule has 3 rings (SSSR count). The van der Waals surface area contributed by atoms with Crippen LogP contribution in [0.3, 0.4) is 0 Å². The first-order valence-corrected chi connectivity index (χ1v) is 9.20. The van der Waals surface area contributed by atoms with Crippen molar-refractivity contribution in [3.05, 3.63) is 51.9 Å². The number of ether oxygens (including phenoxy) is 1. The lowest BCUT2D eigenvalue weighted by molar-refractivity contribution is -0.111. The fourth-order valence-corrected chi connectivity index (χ4v) is 4.13. The Balaban J connectivity index is 1.84. The molecule has 2 aromatic rings. The van der Waals surface area contributed by atoms with E-state index in [1.165, 1.54) is 16.2 Å². The largest absolute Gasteiger partial charge is 0.462 e. The van der Waals surface area contributed by atoms with Crippen molar-refractivity contribution in [1.29, 1.82) is 0 Å². The second kappa shape index (κ2) is 8.00. The minimum atomic E-state index is -0.423. The van der Waals surface area contributed by atoms with Gasteiger partial charge in [0.15, 0.2) is 0 Å². The minimum Gasteiger partial charge on any atom is -0.462 e. The zero-order valence-corrected chi connectivity index (χ0v) is 14.9. The van der Waals surface area contributed by atoms with Crippen molar-refractivity contribution in [2.24, 2.45) is 0 Å². The van der Waals surface area contributed by atoms with Gasteiger partial charge in [0.2, 0.25) is 0 Å². The number of hydrogen-bond acceptors (Lipinski definition) is 4. The molecule has 1 aromatic carbocycles. The Morgan fingerprint density at radius 1 is 1.20 bits per heavy atom. The summed E-state index contributed by atoms with van der Waals surface area (Å²) in [5, 5.41) is 3.34. The maximum atomic E-state index is 12.4. The van der Waals surface area contributed by atoms with E-state index in [-0.39, 0.29) is 5.97 Å². The number of aryl methyl sites for hydroxylation is 1. The molecule has 0 saturated heterocycles. The third-order valence-corrected chi connectivity index (χ3v) is 5.18. The number of carbonyl (C=O) groups excluding carboxylic acids is 2. The molecule has 0 atom stereocenters. The molecule has 0 unspecified atom stereocenters. The summed E-state index contributed by atoms with van der Waals surface area (Å²) >= 11 is 1.47. The summed E-state index contributed by atoms with van der Waals surface area (Å²) in [5.41, 5.74) is 2.31. The van der Waals surface area contributed by atoms with Gasteiger partial charge in [-0.3, -0.25) is 4.79 Å². The van der Waals surface area contributed by atoms with E-state index in [4.69, 9.17) is 4.74 Å². The number of thiophene rings is 1. The minimum absolute atomic E-state index is 0.310. The predicted octanol–water partition coefficient (Wildman–Crippen LogP) is 3.79. The molecule has 1 amide bonds. The van der Waals surface area contributed by atoms with E-state index in [1.54, 1.807) is 6.92 Å². The Labute approximate surface area is 151 Å². The topological polar surface area (TPSA) is 55.4 Å². The van der Waals surface area contributed by atoms with Crippen LogP contribution in [0.15, 0.2) is 30.3 Å². The summed E-state index contributed by atoms with van der Waals surface area (Å²) in [6.45, 7) is 2.09. The summed E-state index contributed by atoms with van der Waals surface area (Å²) in [4.78, 5) is 25.7. The molecule has 0 saturated carbocycles. The summed E-state index contributed by atoms with van der Waals surface area (Å²) in [5.74, 6) is 4.62. The van der Waals surface area contributed by atoms with Crippen LogP contribution in [-0.4, -0.2) is 18.5 Å². The van der Waals surface area contributed by atoms with Gasteiger partial charge < -0.3 is 10.1 Å². The van der Waals surface area contributed by atoms with Crippen LogP contribution >= 0.6 is 11.3 Å². The van der Waals surface area contributed by atoms with Crippen molar-refractivity contribution >= 4 is 28.2 Å². The Kier molecular flexibility index (Phi) is 5.52. The van der Waals surface area contributed by atoms with Crippen LogP contribution in [-0.2, 0) is 22.4 Å². The standard InChI is InChI=1S/C20H19NO3S/c1-2-24-20(23)18-15-10-6-7-11-16(15)25-19(18)21-17(22)13-12-14-8-4-3-5-9-14/h3-5,8-9H,2,6-7,10-11H2,1H3,(H,21,22). The van der Waals surface area contributed by atoms with E-state index in [1.807, 2.05) is 30.3 Å². The summed E-state index contributed by atoms with van der Waals surface area (Å²) < 4.78 is 5.18. The second-order valence-corrected chi connectivity index (χ2v) is 6.81. The highest BCUT2D eigenvalue weighted by Crippen LogP contribution is 2.38. The molecule has 1 aliphatic carbocycles. The predicted molar refractivity (Wildman–Crippen MR) is 98.9 cm³/mol. The van der Waals surface area contributed by atoms with Gasteiger partial charge in [0.05, 0.1) is 12.2 Å². The number of amides is 1.